The molecule has 0 bridgehead atoms. The van der Waals surface area contributed by atoms with E-state index in [1.165, 1.54) is 5.69 Å². The Labute approximate surface area is 169 Å². The van der Waals surface area contributed by atoms with Crippen LogP contribution in [0.15, 0.2) is 57.8 Å². The zero-order valence-electron chi connectivity index (χ0n) is 15.7. The Morgan fingerprint density at radius 2 is 1.75 bits per heavy atom. The molecule has 1 aliphatic rings. The number of oxazole rings is 1. The highest BCUT2D eigenvalue weighted by molar-refractivity contribution is 7.91. The second kappa shape index (κ2) is 7.69. The summed E-state index contributed by atoms with van der Waals surface area (Å²) in [6.07, 6.45) is 0. The number of para-hydroxylation sites is 1. The molecule has 3 aromatic rings. The molecule has 0 unspecified atom stereocenters. The minimum atomic E-state index is -3.28. The second-order valence-electron chi connectivity index (χ2n) is 6.91. The van der Waals surface area contributed by atoms with Gasteiger partial charge in [-0.1, -0.05) is 25.1 Å². The highest BCUT2D eigenvalue weighted by Gasteiger charge is 2.20. The molecule has 0 saturated carbocycles. The number of nitrogens with zero attached hydrogens (tertiary/aromatic N) is 3. The Bertz CT molecular complexity index is 1130. The van der Waals surface area contributed by atoms with Gasteiger partial charge in [-0.15, -0.1) is 0 Å². The van der Waals surface area contributed by atoms with E-state index in [9.17, 15) is 8.42 Å². The Kier molecular flexibility index (Phi) is 5.27. The summed E-state index contributed by atoms with van der Waals surface area (Å²) < 4.78 is 32.0. The first-order valence-corrected chi connectivity index (χ1v) is 11.4. The molecular formula is C20H23N3O3S2. The molecule has 2 heterocycles. The van der Waals surface area contributed by atoms with Crippen LogP contribution in [0.3, 0.4) is 0 Å². The molecule has 1 saturated heterocycles. The summed E-state index contributed by atoms with van der Waals surface area (Å²) in [6.45, 7) is 5.90. The van der Waals surface area contributed by atoms with E-state index in [0.717, 1.165) is 31.7 Å². The van der Waals surface area contributed by atoms with Crippen LogP contribution in [0.2, 0.25) is 0 Å². The lowest BCUT2D eigenvalue weighted by Crippen LogP contribution is -2.46. The van der Waals surface area contributed by atoms with Gasteiger partial charge in [-0.25, -0.2) is 8.42 Å². The van der Waals surface area contributed by atoms with Crippen molar-refractivity contribution in [1.82, 2.24) is 9.47 Å². The minimum Gasteiger partial charge on any atom is -0.429 e. The van der Waals surface area contributed by atoms with E-state index in [1.54, 1.807) is 25.1 Å². The van der Waals surface area contributed by atoms with Crippen molar-refractivity contribution in [2.75, 3.05) is 36.8 Å². The van der Waals surface area contributed by atoms with Gasteiger partial charge in [-0.05, 0) is 42.5 Å². The zero-order chi connectivity index (χ0) is 19.7. The van der Waals surface area contributed by atoms with Crippen LogP contribution in [0, 0.1) is 4.84 Å². The van der Waals surface area contributed by atoms with Crippen LogP contribution in [0.4, 0.5) is 5.69 Å². The van der Waals surface area contributed by atoms with Gasteiger partial charge < -0.3 is 9.32 Å². The number of sulfone groups is 1. The third-order valence-electron chi connectivity index (χ3n) is 5.21. The molecule has 6 nitrogen and oxygen atoms in total. The maximum Gasteiger partial charge on any atom is 0.270 e. The highest BCUT2D eigenvalue weighted by Crippen LogP contribution is 2.23. The normalized spacial score (nSPS) is 16.0. The van der Waals surface area contributed by atoms with Crippen molar-refractivity contribution in [3.05, 3.63) is 53.4 Å². The van der Waals surface area contributed by atoms with E-state index in [2.05, 4.69) is 34.1 Å². The molecule has 1 aliphatic heterocycles. The van der Waals surface area contributed by atoms with E-state index >= 15 is 0 Å². The summed E-state index contributed by atoms with van der Waals surface area (Å²) in [5.41, 5.74) is 2.58. The first kappa shape index (κ1) is 19.2. The van der Waals surface area contributed by atoms with E-state index in [4.69, 9.17) is 16.6 Å². The lowest BCUT2D eigenvalue weighted by Gasteiger charge is -2.36. The van der Waals surface area contributed by atoms with Crippen molar-refractivity contribution >= 4 is 38.8 Å². The number of aromatic nitrogens is 1. The molecule has 4 rings (SSSR count). The SMILES string of the molecule is CCS(=O)(=O)c1ccc2oc(=S)n(CN3CCN(c4ccccc4)CC3)c2c1. The van der Waals surface area contributed by atoms with Crippen LogP contribution in [0.5, 0.6) is 0 Å². The smallest absolute Gasteiger partial charge is 0.270 e. The molecule has 0 N–H and O–H groups in total. The van der Waals surface area contributed by atoms with Crippen molar-refractivity contribution in [1.29, 1.82) is 0 Å². The molecule has 2 aromatic carbocycles. The van der Waals surface area contributed by atoms with Crippen LogP contribution in [-0.2, 0) is 16.5 Å². The molecule has 28 heavy (non-hydrogen) atoms. The lowest BCUT2D eigenvalue weighted by atomic mass is 10.2. The van der Waals surface area contributed by atoms with Gasteiger partial charge in [0.1, 0.15) is 0 Å². The number of hydrogen-bond acceptors (Lipinski definition) is 6. The molecule has 0 radical (unpaired) electrons. The molecule has 0 atom stereocenters. The maximum atomic E-state index is 12.2. The van der Waals surface area contributed by atoms with Crippen molar-refractivity contribution in [2.45, 2.75) is 18.5 Å². The van der Waals surface area contributed by atoms with Crippen LogP contribution in [0.25, 0.3) is 11.1 Å². The van der Waals surface area contributed by atoms with Gasteiger partial charge in [0.15, 0.2) is 15.4 Å². The molecular weight excluding hydrogens is 394 g/mol. The van der Waals surface area contributed by atoms with E-state index < -0.39 is 9.84 Å². The largest absolute Gasteiger partial charge is 0.429 e. The number of piperazine rings is 1. The fourth-order valence-corrected chi connectivity index (χ4v) is 4.67. The van der Waals surface area contributed by atoms with Gasteiger partial charge in [0.05, 0.1) is 22.8 Å². The number of benzene rings is 2. The van der Waals surface area contributed by atoms with E-state index in [0.29, 0.717) is 22.0 Å². The standard InChI is InChI=1S/C20H23N3O3S2/c1-2-28(24,25)17-8-9-19-18(14-17)23(20(27)26-19)15-21-10-12-22(13-11-21)16-6-4-3-5-7-16/h3-9,14H,2,10-13,15H2,1H3. The maximum absolute atomic E-state index is 12.2. The van der Waals surface area contributed by atoms with Gasteiger partial charge in [0, 0.05) is 31.9 Å². The van der Waals surface area contributed by atoms with E-state index in [-0.39, 0.29) is 5.75 Å². The fourth-order valence-electron chi connectivity index (χ4n) is 3.52. The molecule has 148 valence electrons. The third-order valence-corrected chi connectivity index (χ3v) is 7.25. The zero-order valence-corrected chi connectivity index (χ0v) is 17.4. The van der Waals surface area contributed by atoms with Crippen LogP contribution < -0.4 is 4.90 Å². The van der Waals surface area contributed by atoms with Gasteiger partial charge >= 0.3 is 0 Å². The monoisotopic (exact) mass is 417 g/mol. The molecule has 1 fully saturated rings. The molecule has 0 amide bonds. The number of rotatable bonds is 5. The molecule has 0 spiro atoms. The second-order valence-corrected chi connectivity index (χ2v) is 9.54. The van der Waals surface area contributed by atoms with Gasteiger partial charge in [0.25, 0.3) is 4.84 Å². The highest BCUT2D eigenvalue weighted by atomic mass is 32.2. The Morgan fingerprint density at radius 3 is 2.43 bits per heavy atom. The number of fused-ring (bicyclic) bond motifs is 1. The number of hydrogen-bond donors (Lipinski definition) is 0. The van der Waals surface area contributed by atoms with Gasteiger partial charge in [0.2, 0.25) is 0 Å². The quantitative estimate of drug-likeness (QED) is 0.592. The minimum absolute atomic E-state index is 0.0680. The van der Waals surface area contributed by atoms with Gasteiger partial charge in [-0.3, -0.25) is 9.47 Å². The summed E-state index contributed by atoms with van der Waals surface area (Å²) >= 11 is 5.40. The first-order valence-electron chi connectivity index (χ1n) is 9.36. The van der Waals surface area contributed by atoms with E-state index in [1.807, 2.05) is 10.6 Å². The fraction of sp³-hybridized carbons (Fsp3) is 0.350. The van der Waals surface area contributed by atoms with Crippen molar-refractivity contribution in [3.63, 3.8) is 0 Å². The third kappa shape index (κ3) is 3.72. The summed E-state index contributed by atoms with van der Waals surface area (Å²) in [6, 6.07) is 15.4. The average Bonchev–Trinajstić information content (AvgIpc) is 3.04. The van der Waals surface area contributed by atoms with Crippen molar-refractivity contribution in [3.8, 4) is 0 Å². The topological polar surface area (TPSA) is 58.7 Å². The Hall–Kier alpha value is -2.16. The predicted molar refractivity (Wildman–Crippen MR) is 113 cm³/mol. The Balaban J connectivity index is 1.54. The summed E-state index contributed by atoms with van der Waals surface area (Å²) in [4.78, 5) is 5.35. The van der Waals surface area contributed by atoms with Crippen LogP contribution in [-0.4, -0.2) is 49.8 Å². The molecule has 0 aliphatic carbocycles. The lowest BCUT2D eigenvalue weighted by molar-refractivity contribution is 0.204. The molecule has 1 aromatic heterocycles. The number of anilines is 1. The Morgan fingerprint density at radius 1 is 1.04 bits per heavy atom. The summed E-state index contributed by atoms with van der Waals surface area (Å²) in [7, 11) is -3.28. The summed E-state index contributed by atoms with van der Waals surface area (Å²) in [5, 5.41) is 0. The van der Waals surface area contributed by atoms with Crippen LogP contribution in [0.1, 0.15) is 6.92 Å². The van der Waals surface area contributed by atoms with Gasteiger partial charge in [-0.2, -0.15) is 0 Å². The summed E-state index contributed by atoms with van der Waals surface area (Å²) in [5.74, 6) is 0.0680. The van der Waals surface area contributed by atoms with Crippen LogP contribution >= 0.6 is 12.2 Å². The average molecular weight is 418 g/mol. The predicted octanol–water partition coefficient (Wildman–Crippen LogP) is 3.54. The van der Waals surface area contributed by atoms with Crippen molar-refractivity contribution < 1.29 is 12.8 Å². The first-order chi connectivity index (χ1) is 13.5. The van der Waals surface area contributed by atoms with Crippen molar-refractivity contribution in [2.24, 2.45) is 0 Å². The molecule has 8 heteroatoms.